The molecule has 1 aliphatic heterocycles. The van der Waals surface area contributed by atoms with E-state index in [2.05, 4.69) is 5.32 Å². The summed E-state index contributed by atoms with van der Waals surface area (Å²) in [5, 5.41) is 23.5. The lowest BCUT2D eigenvalue weighted by Crippen LogP contribution is -2.23. The molecule has 1 fully saturated rings. The van der Waals surface area contributed by atoms with Crippen molar-refractivity contribution < 1.29 is 34.1 Å². The van der Waals surface area contributed by atoms with Crippen molar-refractivity contribution in [3.63, 3.8) is 0 Å². The minimum absolute atomic E-state index is 0.162. The molecular formula is C16H21N3O8S2. The highest BCUT2D eigenvalue weighted by Gasteiger charge is 2.18. The number of nitrogens with one attached hydrogen (secondary N) is 1. The van der Waals surface area contributed by atoms with Gasteiger partial charge in [0.2, 0.25) is 5.91 Å². The molecule has 13 heteroatoms. The van der Waals surface area contributed by atoms with Crippen LogP contribution in [-0.4, -0.2) is 52.0 Å². The predicted molar refractivity (Wildman–Crippen MR) is 105 cm³/mol. The van der Waals surface area contributed by atoms with Crippen molar-refractivity contribution in [2.45, 2.75) is 26.0 Å². The number of carbonyl (C=O) groups excluding carboxylic acids is 2. The molecule has 2 N–H and O–H groups in total. The molecule has 160 valence electrons. The lowest BCUT2D eigenvalue weighted by atomic mass is 10.1. The molecule has 1 aliphatic rings. The zero-order valence-electron chi connectivity index (χ0n) is 15.4. The van der Waals surface area contributed by atoms with Crippen LogP contribution in [0.3, 0.4) is 0 Å². The molecule has 29 heavy (non-hydrogen) atoms. The smallest absolute Gasteiger partial charge is 0.331 e. The Morgan fingerprint density at radius 1 is 1.24 bits per heavy atom. The van der Waals surface area contributed by atoms with E-state index in [1.165, 1.54) is 33.7 Å². The van der Waals surface area contributed by atoms with Crippen molar-refractivity contribution in [2.24, 2.45) is 0 Å². The van der Waals surface area contributed by atoms with Crippen LogP contribution in [0.4, 0.5) is 5.69 Å². The Kier molecular flexibility index (Phi) is 10.2. The van der Waals surface area contributed by atoms with Gasteiger partial charge in [-0.25, -0.2) is 9.68 Å². The third-order valence-electron chi connectivity index (χ3n) is 3.54. The van der Waals surface area contributed by atoms with Gasteiger partial charge in [0.1, 0.15) is 18.6 Å². The second-order valence-corrected chi connectivity index (χ2v) is 8.35. The Balaban J connectivity index is 1.56. The van der Waals surface area contributed by atoms with Crippen LogP contribution in [0.5, 0.6) is 0 Å². The highest BCUT2D eigenvalue weighted by molar-refractivity contribution is 8.76. The van der Waals surface area contributed by atoms with Crippen molar-refractivity contribution in [1.82, 2.24) is 10.7 Å². The molecule has 0 spiro atoms. The molecule has 0 bridgehead atoms. The van der Waals surface area contributed by atoms with Gasteiger partial charge < -0.3 is 15.3 Å². The number of rotatable bonds is 12. The summed E-state index contributed by atoms with van der Waals surface area (Å²) in [5.74, 6) is 0.404. The fraction of sp³-hybridized carbons (Fsp3) is 0.500. The van der Waals surface area contributed by atoms with Crippen molar-refractivity contribution >= 4 is 39.2 Å². The lowest BCUT2D eigenvalue weighted by Gasteiger charge is -2.10. The van der Waals surface area contributed by atoms with Crippen molar-refractivity contribution in [1.29, 1.82) is 0 Å². The van der Waals surface area contributed by atoms with Crippen LogP contribution >= 0.6 is 21.6 Å². The SMILES string of the molecule is O=C(CCSSCCC(=O)ON1OCCO1)NCc1ccc(CO)c([N+](=O)[O-])c1. The van der Waals surface area contributed by atoms with Crippen LogP contribution in [0.2, 0.25) is 0 Å². The van der Waals surface area contributed by atoms with Gasteiger partial charge in [-0.05, 0) is 11.6 Å². The van der Waals surface area contributed by atoms with E-state index in [1.807, 2.05) is 0 Å². The van der Waals surface area contributed by atoms with E-state index >= 15 is 0 Å². The van der Waals surface area contributed by atoms with Gasteiger partial charge in [0.25, 0.3) is 5.69 Å². The van der Waals surface area contributed by atoms with Crippen LogP contribution in [0.1, 0.15) is 24.0 Å². The van der Waals surface area contributed by atoms with Crippen LogP contribution < -0.4 is 5.32 Å². The van der Waals surface area contributed by atoms with Gasteiger partial charge in [0, 0.05) is 30.5 Å². The lowest BCUT2D eigenvalue weighted by molar-refractivity contribution is -0.460. The number of carbonyl (C=O) groups is 2. The molecule has 1 aromatic rings. The van der Waals surface area contributed by atoms with E-state index < -0.39 is 17.5 Å². The predicted octanol–water partition coefficient (Wildman–Crippen LogP) is 1.50. The van der Waals surface area contributed by atoms with E-state index in [9.17, 15) is 19.7 Å². The summed E-state index contributed by atoms with van der Waals surface area (Å²) in [6.45, 7) is 0.417. The highest BCUT2D eigenvalue weighted by Crippen LogP contribution is 2.23. The Labute approximate surface area is 174 Å². The van der Waals surface area contributed by atoms with Gasteiger partial charge in [-0.15, -0.1) is 0 Å². The molecule has 1 saturated heterocycles. The number of hydrogen-bond acceptors (Lipinski definition) is 11. The maximum absolute atomic E-state index is 11.9. The van der Waals surface area contributed by atoms with Crippen molar-refractivity contribution in [2.75, 3.05) is 24.7 Å². The van der Waals surface area contributed by atoms with E-state index in [1.54, 1.807) is 6.07 Å². The zero-order chi connectivity index (χ0) is 21.1. The van der Waals surface area contributed by atoms with Crippen molar-refractivity contribution in [3.05, 3.63) is 39.4 Å². The van der Waals surface area contributed by atoms with Crippen molar-refractivity contribution in [3.8, 4) is 0 Å². The minimum atomic E-state index is -0.564. The third-order valence-corrected chi connectivity index (χ3v) is 5.95. The molecule has 0 radical (unpaired) electrons. The quantitative estimate of drug-likeness (QED) is 0.208. The summed E-state index contributed by atoms with van der Waals surface area (Å²) in [4.78, 5) is 48.3. The fourth-order valence-corrected chi connectivity index (χ4v) is 4.09. The number of nitrogens with zero attached hydrogens (tertiary/aromatic N) is 2. The molecule has 0 aromatic heterocycles. The number of aliphatic hydroxyl groups is 1. The normalized spacial score (nSPS) is 14.0. The maximum Gasteiger partial charge on any atom is 0.331 e. The summed E-state index contributed by atoms with van der Waals surface area (Å²) in [5.41, 5.74) is 0.629. The number of hydrogen-bond donors (Lipinski definition) is 2. The molecule has 0 saturated carbocycles. The molecule has 2 rings (SSSR count). The summed E-state index contributed by atoms with van der Waals surface area (Å²) in [6.07, 6.45) is 0.448. The van der Waals surface area contributed by atoms with E-state index in [0.29, 0.717) is 35.7 Å². The van der Waals surface area contributed by atoms with Gasteiger partial charge in [-0.1, -0.05) is 27.7 Å². The second kappa shape index (κ2) is 12.6. The Hall–Kier alpha value is -1.90. The highest BCUT2D eigenvalue weighted by atomic mass is 33.1. The molecule has 0 aliphatic carbocycles. The standard InChI is InChI=1S/C16H21N3O8S2/c20-11-13-2-1-12(9-14(13)18(23)24)10-17-15(21)3-7-28-29-8-4-16(22)27-19-25-5-6-26-19/h1-2,9,20H,3-8,10-11H2,(H,17,21). The summed E-state index contributed by atoms with van der Waals surface area (Å²) in [7, 11) is 2.90. The number of amides is 1. The van der Waals surface area contributed by atoms with Crippen LogP contribution in [-0.2, 0) is 37.3 Å². The first-order valence-electron chi connectivity index (χ1n) is 8.64. The molecule has 1 heterocycles. The number of benzene rings is 1. The van der Waals surface area contributed by atoms with Crippen LogP contribution in [0.25, 0.3) is 0 Å². The first-order valence-corrected chi connectivity index (χ1v) is 11.1. The molecule has 11 nitrogen and oxygen atoms in total. The molecule has 1 aromatic carbocycles. The number of nitro groups is 1. The maximum atomic E-state index is 11.9. The average molecular weight is 447 g/mol. The van der Waals surface area contributed by atoms with Crippen LogP contribution in [0.15, 0.2) is 18.2 Å². The summed E-state index contributed by atoms with van der Waals surface area (Å²) in [6, 6.07) is 4.44. The number of nitro benzene ring substituents is 1. The monoisotopic (exact) mass is 447 g/mol. The Morgan fingerprint density at radius 2 is 1.93 bits per heavy atom. The van der Waals surface area contributed by atoms with Gasteiger partial charge in [-0.2, -0.15) is 0 Å². The minimum Gasteiger partial charge on any atom is -0.391 e. The molecule has 0 atom stereocenters. The first-order chi connectivity index (χ1) is 14.0. The van der Waals surface area contributed by atoms with E-state index in [4.69, 9.17) is 19.6 Å². The summed E-state index contributed by atoms with van der Waals surface area (Å²) < 4.78 is 0. The topological polar surface area (TPSA) is 140 Å². The molecular weight excluding hydrogens is 426 g/mol. The third kappa shape index (κ3) is 8.55. The zero-order valence-corrected chi connectivity index (χ0v) is 17.0. The second-order valence-electron chi connectivity index (χ2n) is 5.65. The average Bonchev–Trinajstić information content (AvgIpc) is 3.21. The largest absolute Gasteiger partial charge is 0.391 e. The van der Waals surface area contributed by atoms with Crippen LogP contribution in [0, 0.1) is 10.1 Å². The molecule has 0 unspecified atom stereocenters. The van der Waals surface area contributed by atoms with E-state index in [-0.39, 0.29) is 36.5 Å². The molecule has 1 amide bonds. The summed E-state index contributed by atoms with van der Waals surface area (Å²) >= 11 is 0. The Morgan fingerprint density at radius 3 is 2.59 bits per heavy atom. The first kappa shape index (κ1) is 23.4. The van der Waals surface area contributed by atoms with Gasteiger partial charge >= 0.3 is 5.97 Å². The Bertz CT molecular complexity index is 715. The number of aliphatic hydroxyl groups excluding tert-OH is 1. The van der Waals surface area contributed by atoms with Gasteiger partial charge in [0.15, 0.2) is 0 Å². The van der Waals surface area contributed by atoms with Gasteiger partial charge in [-0.3, -0.25) is 19.7 Å². The van der Waals surface area contributed by atoms with Gasteiger partial charge in [0.05, 0.1) is 23.5 Å². The fourth-order valence-electron chi connectivity index (χ4n) is 2.13. The van der Waals surface area contributed by atoms with E-state index in [0.717, 1.165) is 0 Å².